The Morgan fingerprint density at radius 3 is 2.56 bits per heavy atom. The molecule has 0 bridgehead atoms. The first-order valence-electron chi connectivity index (χ1n) is 9.34. The number of rotatable bonds is 5. The number of carbonyl (C=O) groups is 1. The van der Waals surface area contributed by atoms with Gasteiger partial charge in [0.1, 0.15) is 10.7 Å². The molecule has 0 unspecified atom stereocenters. The van der Waals surface area contributed by atoms with E-state index < -0.39 is 5.97 Å². The van der Waals surface area contributed by atoms with Crippen molar-refractivity contribution in [3.05, 3.63) is 33.1 Å². The highest BCUT2D eigenvalue weighted by Crippen LogP contribution is 2.34. The van der Waals surface area contributed by atoms with Crippen LogP contribution in [0.3, 0.4) is 0 Å². The lowest BCUT2D eigenvalue weighted by Gasteiger charge is -2.24. The summed E-state index contributed by atoms with van der Waals surface area (Å²) in [6, 6.07) is 1.78. The summed E-state index contributed by atoms with van der Waals surface area (Å²) in [5.74, 6) is -0.258. The fourth-order valence-electron chi connectivity index (χ4n) is 3.91. The van der Waals surface area contributed by atoms with Crippen molar-refractivity contribution < 1.29 is 9.90 Å². The first-order valence-corrected chi connectivity index (χ1v) is 11.1. The Morgan fingerprint density at radius 1 is 1.15 bits per heavy atom. The van der Waals surface area contributed by atoms with Gasteiger partial charge < -0.3 is 9.67 Å². The molecule has 3 aromatic rings. The number of carboxylic acids is 1. The summed E-state index contributed by atoms with van der Waals surface area (Å²) < 4.78 is 2.17. The highest BCUT2D eigenvalue weighted by molar-refractivity contribution is 7.14. The second-order valence-electron chi connectivity index (χ2n) is 7.24. The quantitative estimate of drug-likeness (QED) is 0.601. The topological polar surface area (TPSA) is 68.0 Å². The van der Waals surface area contributed by atoms with Crippen LogP contribution in [0.4, 0.5) is 0 Å². The van der Waals surface area contributed by atoms with E-state index in [2.05, 4.69) is 9.55 Å². The van der Waals surface area contributed by atoms with E-state index in [9.17, 15) is 9.90 Å². The molecule has 0 saturated heterocycles. The van der Waals surface area contributed by atoms with E-state index in [0.29, 0.717) is 11.5 Å². The van der Waals surface area contributed by atoms with E-state index >= 15 is 0 Å². The molecular weight excluding hydrogens is 378 g/mol. The molecule has 1 N–H and O–H groups in total. The molecule has 0 spiro atoms. The van der Waals surface area contributed by atoms with Crippen LogP contribution in [0.25, 0.3) is 22.1 Å². The molecule has 0 aliphatic heterocycles. The number of thiazole rings is 2. The van der Waals surface area contributed by atoms with E-state index in [1.54, 1.807) is 28.7 Å². The van der Waals surface area contributed by atoms with Crippen molar-refractivity contribution in [3.8, 4) is 22.1 Å². The third kappa shape index (κ3) is 3.71. The van der Waals surface area contributed by atoms with Gasteiger partial charge in [-0.2, -0.15) is 0 Å². The molecule has 142 valence electrons. The third-order valence-corrected chi connectivity index (χ3v) is 7.01. The zero-order chi connectivity index (χ0) is 19.0. The van der Waals surface area contributed by atoms with Crippen molar-refractivity contribution in [2.75, 3.05) is 0 Å². The van der Waals surface area contributed by atoms with Crippen LogP contribution in [0.5, 0.6) is 0 Å². The van der Waals surface area contributed by atoms with Gasteiger partial charge in [-0.25, -0.2) is 14.8 Å². The van der Waals surface area contributed by atoms with Crippen LogP contribution in [0.1, 0.15) is 53.2 Å². The monoisotopic (exact) mass is 401 g/mol. The summed E-state index contributed by atoms with van der Waals surface area (Å²) >= 11 is 3.18. The lowest BCUT2D eigenvalue weighted by molar-refractivity contribution is 0.0696. The number of aromatic carboxylic acids is 1. The predicted molar refractivity (Wildman–Crippen MR) is 110 cm³/mol. The Morgan fingerprint density at radius 2 is 1.89 bits per heavy atom. The van der Waals surface area contributed by atoms with E-state index in [-0.39, 0.29) is 0 Å². The second kappa shape index (κ2) is 7.56. The molecule has 3 heterocycles. The lowest BCUT2D eigenvalue weighted by atomic mass is 9.89. The maximum atomic E-state index is 11.7. The van der Waals surface area contributed by atoms with Gasteiger partial charge in [-0.15, -0.1) is 22.7 Å². The highest BCUT2D eigenvalue weighted by Gasteiger charge is 2.23. The zero-order valence-electron chi connectivity index (χ0n) is 15.6. The SMILES string of the molecule is Cc1nc(-c2nc(-c3cc(C(=O)O)c(C)n3CC3CCCCC3)cs2)cs1. The summed E-state index contributed by atoms with van der Waals surface area (Å²) in [6.07, 6.45) is 6.31. The largest absolute Gasteiger partial charge is 0.478 e. The molecule has 1 aliphatic rings. The van der Waals surface area contributed by atoms with E-state index in [0.717, 1.165) is 39.3 Å². The Kier molecular flexibility index (Phi) is 5.14. The van der Waals surface area contributed by atoms with Crippen molar-refractivity contribution >= 4 is 28.6 Å². The molecule has 0 amide bonds. The average molecular weight is 402 g/mol. The maximum absolute atomic E-state index is 11.7. The normalized spacial score (nSPS) is 15.3. The summed E-state index contributed by atoms with van der Waals surface area (Å²) in [5, 5.41) is 15.5. The van der Waals surface area contributed by atoms with Crippen molar-refractivity contribution in [1.82, 2.24) is 14.5 Å². The van der Waals surface area contributed by atoms with Crippen molar-refractivity contribution in [3.63, 3.8) is 0 Å². The summed E-state index contributed by atoms with van der Waals surface area (Å²) in [7, 11) is 0. The highest BCUT2D eigenvalue weighted by atomic mass is 32.1. The molecule has 5 nitrogen and oxygen atoms in total. The zero-order valence-corrected chi connectivity index (χ0v) is 17.2. The van der Waals surface area contributed by atoms with Gasteiger partial charge in [-0.3, -0.25) is 0 Å². The molecule has 3 aromatic heterocycles. The Bertz CT molecular complexity index is 964. The third-order valence-electron chi connectivity index (χ3n) is 5.37. The minimum absolute atomic E-state index is 0.375. The van der Waals surface area contributed by atoms with Crippen LogP contribution in [0, 0.1) is 19.8 Å². The van der Waals surface area contributed by atoms with Crippen LogP contribution in [-0.4, -0.2) is 25.6 Å². The van der Waals surface area contributed by atoms with Gasteiger partial charge in [0.15, 0.2) is 0 Å². The smallest absolute Gasteiger partial charge is 0.337 e. The fraction of sp³-hybridized carbons (Fsp3) is 0.450. The van der Waals surface area contributed by atoms with Crippen LogP contribution >= 0.6 is 22.7 Å². The fourth-order valence-corrected chi connectivity index (χ4v) is 5.35. The number of nitrogens with zero attached hydrogens (tertiary/aromatic N) is 3. The Hall–Kier alpha value is -1.99. The number of hydrogen-bond acceptors (Lipinski definition) is 5. The number of aromatic nitrogens is 3. The van der Waals surface area contributed by atoms with Gasteiger partial charge in [-0.05, 0) is 38.7 Å². The molecule has 1 saturated carbocycles. The van der Waals surface area contributed by atoms with Gasteiger partial charge in [0.05, 0.1) is 22.0 Å². The molecular formula is C20H23N3O2S2. The first kappa shape index (κ1) is 18.4. The van der Waals surface area contributed by atoms with Crippen molar-refractivity contribution in [2.24, 2.45) is 5.92 Å². The molecule has 1 aliphatic carbocycles. The van der Waals surface area contributed by atoms with Gasteiger partial charge in [0, 0.05) is 23.0 Å². The molecule has 27 heavy (non-hydrogen) atoms. The van der Waals surface area contributed by atoms with E-state index in [1.807, 2.05) is 24.6 Å². The minimum atomic E-state index is -0.873. The predicted octanol–water partition coefficient (Wildman–Crippen LogP) is 5.63. The summed E-state index contributed by atoms with van der Waals surface area (Å²) in [4.78, 5) is 21.0. The summed E-state index contributed by atoms with van der Waals surface area (Å²) in [6.45, 7) is 4.77. The molecule has 0 aromatic carbocycles. The van der Waals surface area contributed by atoms with E-state index in [1.165, 1.54) is 32.1 Å². The van der Waals surface area contributed by atoms with Crippen LogP contribution in [0.2, 0.25) is 0 Å². The van der Waals surface area contributed by atoms with Gasteiger partial charge in [0.25, 0.3) is 0 Å². The number of carboxylic acid groups (broad SMARTS) is 1. The number of aryl methyl sites for hydroxylation is 1. The van der Waals surface area contributed by atoms with Crippen LogP contribution < -0.4 is 0 Å². The van der Waals surface area contributed by atoms with Gasteiger partial charge in [-0.1, -0.05) is 19.3 Å². The maximum Gasteiger partial charge on any atom is 0.337 e. The Balaban J connectivity index is 1.71. The van der Waals surface area contributed by atoms with Crippen LogP contribution in [0.15, 0.2) is 16.8 Å². The standard InChI is InChI=1S/C20H23N3O2S2/c1-12-15(20(24)25)8-18(23(12)9-14-6-4-3-5-7-14)16-10-27-19(22-16)17-11-26-13(2)21-17/h8,10-11,14H,3-7,9H2,1-2H3,(H,24,25). The average Bonchev–Trinajstić information content (AvgIpc) is 3.36. The first-order chi connectivity index (χ1) is 13.0. The Labute approximate surface area is 166 Å². The molecule has 1 fully saturated rings. The van der Waals surface area contributed by atoms with Gasteiger partial charge in [0.2, 0.25) is 0 Å². The van der Waals surface area contributed by atoms with E-state index in [4.69, 9.17) is 4.98 Å². The summed E-state index contributed by atoms with van der Waals surface area (Å²) in [5.41, 5.74) is 3.84. The molecule has 0 atom stereocenters. The molecule has 7 heteroatoms. The second-order valence-corrected chi connectivity index (χ2v) is 9.16. The molecule has 4 rings (SSSR count). The minimum Gasteiger partial charge on any atom is -0.478 e. The number of hydrogen-bond donors (Lipinski definition) is 1. The van der Waals surface area contributed by atoms with Gasteiger partial charge >= 0.3 is 5.97 Å². The van der Waals surface area contributed by atoms with Crippen LogP contribution in [-0.2, 0) is 6.54 Å². The molecule has 0 radical (unpaired) electrons. The lowest BCUT2D eigenvalue weighted by Crippen LogP contribution is -2.16. The van der Waals surface area contributed by atoms with Crippen molar-refractivity contribution in [1.29, 1.82) is 0 Å². The van der Waals surface area contributed by atoms with Crippen molar-refractivity contribution in [2.45, 2.75) is 52.5 Å².